The molecule has 7 heteroatoms. The Labute approximate surface area is 158 Å². The van der Waals surface area contributed by atoms with Gasteiger partial charge in [0.1, 0.15) is 5.54 Å². The molecule has 136 valence electrons. The predicted molar refractivity (Wildman–Crippen MR) is 101 cm³/mol. The molecule has 0 radical (unpaired) electrons. The first-order valence-corrected chi connectivity index (χ1v) is 9.77. The summed E-state index contributed by atoms with van der Waals surface area (Å²) in [5, 5.41) is 21.3. The number of carbonyl (C=O) groups excluding carboxylic acids is 1. The van der Waals surface area contributed by atoms with Gasteiger partial charge in [-0.3, -0.25) is 4.79 Å². The fourth-order valence-electron chi connectivity index (χ4n) is 3.23. The van der Waals surface area contributed by atoms with E-state index in [1.807, 2.05) is 48.9 Å². The van der Waals surface area contributed by atoms with E-state index in [1.54, 1.807) is 0 Å². The second-order valence-electron chi connectivity index (χ2n) is 6.74. The molecule has 1 saturated carbocycles. The Morgan fingerprint density at radius 2 is 1.96 bits per heavy atom. The van der Waals surface area contributed by atoms with Crippen molar-refractivity contribution >= 4 is 17.7 Å². The van der Waals surface area contributed by atoms with E-state index in [1.165, 1.54) is 11.8 Å². The Kier molecular flexibility index (Phi) is 5.62. The number of hydrogen-bond donors (Lipinski definition) is 1. The lowest BCUT2D eigenvalue weighted by molar-refractivity contribution is -0.121. The Bertz CT molecular complexity index is 805. The predicted octanol–water partition coefficient (Wildman–Crippen LogP) is 3.31. The number of rotatable bonds is 5. The van der Waals surface area contributed by atoms with Crippen molar-refractivity contribution in [3.63, 3.8) is 0 Å². The molecular weight excluding hydrogens is 346 g/mol. The van der Waals surface area contributed by atoms with Gasteiger partial charge in [0.2, 0.25) is 5.91 Å². The van der Waals surface area contributed by atoms with E-state index >= 15 is 0 Å². The minimum absolute atomic E-state index is 0.122. The van der Waals surface area contributed by atoms with Crippen LogP contribution in [0, 0.1) is 11.3 Å². The second-order valence-corrected chi connectivity index (χ2v) is 8.04. The molecular formula is C19H23N5OS. The van der Waals surface area contributed by atoms with Crippen molar-refractivity contribution in [1.82, 2.24) is 20.1 Å². The Hall–Kier alpha value is -2.33. The van der Waals surface area contributed by atoms with Gasteiger partial charge >= 0.3 is 0 Å². The molecule has 1 aliphatic rings. The zero-order valence-electron chi connectivity index (χ0n) is 15.1. The Balaban J connectivity index is 1.68. The molecule has 1 aliphatic carbocycles. The Morgan fingerprint density at radius 3 is 2.62 bits per heavy atom. The lowest BCUT2D eigenvalue weighted by atomic mass is 9.83. The van der Waals surface area contributed by atoms with Gasteiger partial charge < -0.3 is 9.88 Å². The minimum Gasteiger partial charge on any atom is -0.337 e. The summed E-state index contributed by atoms with van der Waals surface area (Å²) >= 11 is 1.36. The van der Waals surface area contributed by atoms with Crippen molar-refractivity contribution in [3.05, 3.63) is 30.3 Å². The molecule has 0 spiro atoms. The third-order valence-corrected chi connectivity index (χ3v) is 5.94. The SMILES string of the molecule is C[C@H](Sc1nnc(-c2ccccc2)n1C)C(=O)NC1(C#N)CCCCC1. The molecule has 0 unspecified atom stereocenters. The molecule has 3 rings (SSSR count). The monoisotopic (exact) mass is 369 g/mol. The number of aromatic nitrogens is 3. The topological polar surface area (TPSA) is 83.6 Å². The number of thioether (sulfide) groups is 1. The van der Waals surface area contributed by atoms with Crippen LogP contribution in [0.3, 0.4) is 0 Å². The number of nitrogens with one attached hydrogen (secondary N) is 1. The van der Waals surface area contributed by atoms with Gasteiger partial charge in [-0.15, -0.1) is 10.2 Å². The highest BCUT2D eigenvalue weighted by atomic mass is 32.2. The van der Waals surface area contributed by atoms with Crippen LogP contribution in [0.5, 0.6) is 0 Å². The maximum Gasteiger partial charge on any atom is 0.234 e. The fourth-order valence-corrected chi connectivity index (χ4v) is 4.04. The molecule has 1 aromatic carbocycles. The van der Waals surface area contributed by atoms with Crippen LogP contribution < -0.4 is 5.32 Å². The van der Waals surface area contributed by atoms with E-state index in [0.29, 0.717) is 5.16 Å². The van der Waals surface area contributed by atoms with Gasteiger partial charge in [-0.1, -0.05) is 61.4 Å². The first kappa shape index (κ1) is 18.5. The average molecular weight is 369 g/mol. The van der Waals surface area contributed by atoms with Crippen LogP contribution in [0.2, 0.25) is 0 Å². The first-order chi connectivity index (χ1) is 12.5. The van der Waals surface area contributed by atoms with Crippen molar-refractivity contribution in [2.24, 2.45) is 7.05 Å². The summed E-state index contributed by atoms with van der Waals surface area (Å²) in [5.74, 6) is 0.643. The van der Waals surface area contributed by atoms with Crippen molar-refractivity contribution in [3.8, 4) is 17.5 Å². The van der Waals surface area contributed by atoms with Crippen LogP contribution in [0.4, 0.5) is 0 Å². The van der Waals surface area contributed by atoms with Crippen molar-refractivity contribution in [2.75, 3.05) is 0 Å². The summed E-state index contributed by atoms with van der Waals surface area (Å²) in [6.45, 7) is 1.84. The van der Waals surface area contributed by atoms with E-state index in [-0.39, 0.29) is 11.2 Å². The van der Waals surface area contributed by atoms with Gasteiger partial charge in [-0.25, -0.2) is 0 Å². The minimum atomic E-state index is -0.709. The number of benzene rings is 1. The van der Waals surface area contributed by atoms with Gasteiger partial charge in [-0.05, 0) is 19.8 Å². The molecule has 1 atom stereocenters. The summed E-state index contributed by atoms with van der Waals surface area (Å²) in [6, 6.07) is 12.2. The molecule has 1 aromatic heterocycles. The number of nitriles is 1. The largest absolute Gasteiger partial charge is 0.337 e. The van der Waals surface area contributed by atoms with E-state index in [2.05, 4.69) is 21.6 Å². The first-order valence-electron chi connectivity index (χ1n) is 8.89. The molecule has 0 saturated heterocycles. The number of hydrogen-bond acceptors (Lipinski definition) is 5. The van der Waals surface area contributed by atoms with Crippen molar-refractivity contribution in [1.29, 1.82) is 5.26 Å². The van der Waals surface area contributed by atoms with E-state index in [0.717, 1.165) is 43.5 Å². The highest BCUT2D eigenvalue weighted by Gasteiger charge is 2.35. The van der Waals surface area contributed by atoms with Crippen LogP contribution in [-0.2, 0) is 11.8 Å². The Morgan fingerprint density at radius 1 is 1.27 bits per heavy atom. The number of nitrogens with zero attached hydrogens (tertiary/aromatic N) is 4. The molecule has 1 heterocycles. The molecule has 6 nitrogen and oxygen atoms in total. The lowest BCUT2D eigenvalue weighted by Gasteiger charge is -2.32. The molecule has 0 aliphatic heterocycles. The maximum absolute atomic E-state index is 12.6. The van der Waals surface area contributed by atoms with Crippen LogP contribution in [0.25, 0.3) is 11.4 Å². The highest BCUT2D eigenvalue weighted by molar-refractivity contribution is 8.00. The normalized spacial score (nSPS) is 17.3. The van der Waals surface area contributed by atoms with Crippen LogP contribution in [0.15, 0.2) is 35.5 Å². The van der Waals surface area contributed by atoms with Crippen LogP contribution in [-0.4, -0.2) is 31.5 Å². The zero-order chi connectivity index (χ0) is 18.6. The quantitative estimate of drug-likeness (QED) is 0.818. The van der Waals surface area contributed by atoms with Gasteiger partial charge in [0.15, 0.2) is 11.0 Å². The summed E-state index contributed by atoms with van der Waals surface area (Å²) in [5.41, 5.74) is 0.274. The van der Waals surface area contributed by atoms with Crippen molar-refractivity contribution < 1.29 is 4.79 Å². The summed E-state index contributed by atoms with van der Waals surface area (Å²) in [4.78, 5) is 12.6. The smallest absolute Gasteiger partial charge is 0.234 e. The van der Waals surface area contributed by atoms with E-state index < -0.39 is 5.54 Å². The molecule has 2 aromatic rings. The third kappa shape index (κ3) is 3.91. The zero-order valence-corrected chi connectivity index (χ0v) is 15.9. The summed E-state index contributed by atoms with van der Waals surface area (Å²) < 4.78 is 1.89. The number of amides is 1. The maximum atomic E-state index is 12.6. The van der Waals surface area contributed by atoms with E-state index in [4.69, 9.17) is 0 Å². The lowest BCUT2D eigenvalue weighted by Crippen LogP contribution is -2.50. The van der Waals surface area contributed by atoms with Gasteiger partial charge in [-0.2, -0.15) is 5.26 Å². The highest BCUT2D eigenvalue weighted by Crippen LogP contribution is 2.29. The standard InChI is InChI=1S/C19H23N5OS/c1-14(17(25)21-19(13-20)11-7-4-8-12-19)26-18-23-22-16(24(18)2)15-9-5-3-6-10-15/h3,5-6,9-10,14H,4,7-8,11-12H2,1-2H3,(H,21,25)/t14-/m0/s1. The second kappa shape index (κ2) is 7.92. The molecule has 1 amide bonds. The van der Waals surface area contributed by atoms with Gasteiger partial charge in [0.05, 0.1) is 11.3 Å². The van der Waals surface area contributed by atoms with Gasteiger partial charge in [0.25, 0.3) is 0 Å². The number of carbonyl (C=O) groups is 1. The third-order valence-electron chi connectivity index (χ3n) is 4.80. The van der Waals surface area contributed by atoms with Crippen LogP contribution >= 0.6 is 11.8 Å². The average Bonchev–Trinajstić information content (AvgIpc) is 3.03. The van der Waals surface area contributed by atoms with E-state index in [9.17, 15) is 10.1 Å². The fraction of sp³-hybridized carbons (Fsp3) is 0.474. The molecule has 1 N–H and O–H groups in total. The summed E-state index contributed by atoms with van der Waals surface area (Å²) in [6.07, 6.45) is 4.56. The molecule has 1 fully saturated rings. The summed E-state index contributed by atoms with van der Waals surface area (Å²) in [7, 11) is 1.90. The molecule has 26 heavy (non-hydrogen) atoms. The van der Waals surface area contributed by atoms with Crippen molar-refractivity contribution in [2.45, 2.75) is 55.0 Å². The van der Waals surface area contributed by atoms with Crippen LogP contribution in [0.1, 0.15) is 39.0 Å². The molecule has 0 bridgehead atoms. The van der Waals surface area contributed by atoms with Gasteiger partial charge in [0, 0.05) is 12.6 Å².